The highest BCUT2D eigenvalue weighted by molar-refractivity contribution is 5.08. The maximum atomic E-state index is 8.57. The summed E-state index contributed by atoms with van der Waals surface area (Å²) in [6.45, 7) is 4.80. The Morgan fingerprint density at radius 3 is 3.00 bits per heavy atom. The fourth-order valence-electron chi connectivity index (χ4n) is 1.28. The van der Waals surface area contributed by atoms with Gasteiger partial charge in [-0.15, -0.1) is 0 Å². The van der Waals surface area contributed by atoms with E-state index in [-0.39, 0.29) is 6.04 Å². The highest BCUT2D eigenvalue weighted by atomic mass is 15.0. The van der Waals surface area contributed by atoms with E-state index < -0.39 is 0 Å². The number of rotatable bonds is 5. The van der Waals surface area contributed by atoms with Gasteiger partial charge < -0.3 is 10.3 Å². The minimum absolute atomic E-state index is 0.274. The molecule has 4 nitrogen and oxygen atoms in total. The molecule has 0 bridgehead atoms. The predicted molar refractivity (Wildman–Crippen MR) is 54.5 cm³/mol. The molecule has 1 aromatic rings. The van der Waals surface area contributed by atoms with Crippen LogP contribution in [0, 0.1) is 18.3 Å². The van der Waals surface area contributed by atoms with E-state index in [1.165, 1.54) is 0 Å². The molecule has 1 rings (SSSR count). The molecular formula is C10H16N4. The molecule has 2 N–H and O–H groups in total. The third kappa shape index (κ3) is 2.86. The highest BCUT2D eigenvalue weighted by Crippen LogP contribution is 2.02. The summed E-state index contributed by atoms with van der Waals surface area (Å²) < 4.78 is 0. The molecule has 14 heavy (non-hydrogen) atoms. The van der Waals surface area contributed by atoms with Gasteiger partial charge in [0.1, 0.15) is 0 Å². The Labute approximate surface area is 84.4 Å². The number of H-pyrrole nitrogens is 1. The van der Waals surface area contributed by atoms with Crippen molar-refractivity contribution < 1.29 is 0 Å². The van der Waals surface area contributed by atoms with E-state index in [0.29, 0.717) is 6.42 Å². The van der Waals surface area contributed by atoms with E-state index in [9.17, 15) is 0 Å². The van der Waals surface area contributed by atoms with Crippen LogP contribution in [0.15, 0.2) is 6.33 Å². The van der Waals surface area contributed by atoms with Crippen molar-refractivity contribution in [3.8, 4) is 6.07 Å². The summed E-state index contributed by atoms with van der Waals surface area (Å²) in [6.07, 6.45) is 3.22. The Hall–Kier alpha value is -1.34. The normalized spacial score (nSPS) is 12.4. The lowest BCUT2D eigenvalue weighted by atomic mass is 10.1. The number of nitrogens with one attached hydrogen (secondary N) is 2. The van der Waals surface area contributed by atoms with Crippen LogP contribution in [0.25, 0.3) is 0 Å². The van der Waals surface area contributed by atoms with Gasteiger partial charge in [0.2, 0.25) is 0 Å². The molecule has 0 fully saturated rings. The number of aryl methyl sites for hydroxylation is 1. The maximum Gasteiger partial charge on any atom is 0.0925 e. The van der Waals surface area contributed by atoms with Crippen LogP contribution < -0.4 is 5.32 Å². The van der Waals surface area contributed by atoms with Gasteiger partial charge in [-0.1, -0.05) is 6.92 Å². The Bertz CT molecular complexity index is 310. The summed E-state index contributed by atoms with van der Waals surface area (Å²) in [4.78, 5) is 7.21. The van der Waals surface area contributed by atoms with E-state index in [4.69, 9.17) is 5.26 Å². The van der Waals surface area contributed by atoms with Crippen LogP contribution in [-0.4, -0.2) is 16.0 Å². The van der Waals surface area contributed by atoms with Crippen molar-refractivity contribution in [3.63, 3.8) is 0 Å². The molecule has 0 spiro atoms. The molecule has 76 valence electrons. The molecule has 0 amide bonds. The third-order valence-electron chi connectivity index (χ3n) is 2.32. The topological polar surface area (TPSA) is 64.5 Å². The van der Waals surface area contributed by atoms with Crippen LogP contribution in [0.3, 0.4) is 0 Å². The van der Waals surface area contributed by atoms with E-state index in [2.05, 4.69) is 28.3 Å². The molecule has 1 unspecified atom stereocenters. The van der Waals surface area contributed by atoms with Crippen molar-refractivity contribution in [3.05, 3.63) is 17.7 Å². The zero-order chi connectivity index (χ0) is 10.4. The average molecular weight is 192 g/mol. The van der Waals surface area contributed by atoms with E-state index in [1.807, 2.05) is 6.92 Å². The molecule has 0 radical (unpaired) electrons. The second kappa shape index (κ2) is 5.40. The number of hydrogen-bond donors (Lipinski definition) is 2. The smallest absolute Gasteiger partial charge is 0.0925 e. The van der Waals surface area contributed by atoms with E-state index in [1.54, 1.807) is 6.33 Å². The van der Waals surface area contributed by atoms with Crippen molar-refractivity contribution in [2.24, 2.45) is 0 Å². The Morgan fingerprint density at radius 1 is 1.71 bits per heavy atom. The monoisotopic (exact) mass is 192 g/mol. The second-order valence-corrected chi connectivity index (χ2v) is 3.32. The molecule has 0 saturated carbocycles. The Morgan fingerprint density at radius 2 is 2.50 bits per heavy atom. The lowest BCUT2D eigenvalue weighted by Crippen LogP contribution is -2.27. The number of aromatic amines is 1. The molecule has 0 saturated heterocycles. The molecule has 0 aliphatic heterocycles. The van der Waals surface area contributed by atoms with Crippen LogP contribution >= 0.6 is 0 Å². The number of nitriles is 1. The van der Waals surface area contributed by atoms with Crippen LogP contribution in [-0.2, 0) is 6.54 Å². The molecule has 0 aliphatic rings. The van der Waals surface area contributed by atoms with Gasteiger partial charge in [0.15, 0.2) is 0 Å². The first-order valence-electron chi connectivity index (χ1n) is 4.87. The van der Waals surface area contributed by atoms with Crippen LogP contribution in [0.1, 0.15) is 31.2 Å². The average Bonchev–Trinajstić information content (AvgIpc) is 2.59. The minimum atomic E-state index is 0.274. The fourth-order valence-corrected chi connectivity index (χ4v) is 1.28. The zero-order valence-electron chi connectivity index (χ0n) is 8.67. The summed E-state index contributed by atoms with van der Waals surface area (Å²) in [5.41, 5.74) is 2.12. The van der Waals surface area contributed by atoms with Crippen molar-refractivity contribution in [2.75, 3.05) is 0 Å². The zero-order valence-corrected chi connectivity index (χ0v) is 8.67. The molecule has 0 aliphatic carbocycles. The number of aromatic nitrogens is 2. The molecule has 4 heteroatoms. The number of nitrogens with zero attached hydrogens (tertiary/aromatic N) is 2. The molecule has 1 heterocycles. The maximum absolute atomic E-state index is 8.57. The Balaban J connectivity index is 2.40. The largest absolute Gasteiger partial charge is 0.348 e. The first-order valence-corrected chi connectivity index (χ1v) is 4.87. The quantitative estimate of drug-likeness (QED) is 0.743. The number of hydrogen-bond acceptors (Lipinski definition) is 3. The van der Waals surface area contributed by atoms with Gasteiger partial charge >= 0.3 is 0 Å². The van der Waals surface area contributed by atoms with Gasteiger partial charge in [-0.05, 0) is 13.3 Å². The number of imidazole rings is 1. The van der Waals surface area contributed by atoms with Gasteiger partial charge in [0.05, 0.1) is 24.5 Å². The highest BCUT2D eigenvalue weighted by Gasteiger charge is 2.06. The van der Waals surface area contributed by atoms with Crippen LogP contribution in [0.4, 0.5) is 0 Å². The van der Waals surface area contributed by atoms with Crippen LogP contribution in [0.5, 0.6) is 0 Å². The van der Waals surface area contributed by atoms with Crippen molar-refractivity contribution >= 4 is 0 Å². The first kappa shape index (κ1) is 10.7. The summed E-state index contributed by atoms with van der Waals surface area (Å²) in [6, 6.07) is 2.45. The lowest BCUT2D eigenvalue weighted by molar-refractivity contribution is 0.500. The summed E-state index contributed by atoms with van der Waals surface area (Å²) in [7, 11) is 0. The third-order valence-corrected chi connectivity index (χ3v) is 2.32. The van der Waals surface area contributed by atoms with Crippen molar-refractivity contribution in [1.82, 2.24) is 15.3 Å². The molecule has 1 aromatic heterocycles. The predicted octanol–water partition coefficient (Wildman–Crippen LogP) is 1.50. The summed E-state index contributed by atoms with van der Waals surface area (Å²) >= 11 is 0. The summed E-state index contributed by atoms with van der Waals surface area (Å²) in [5.74, 6) is 0. The molecular weight excluding hydrogens is 176 g/mol. The SMILES string of the molecule is CCC(CC#N)NCc1nc[nH]c1C. The lowest BCUT2D eigenvalue weighted by Gasteiger charge is -2.12. The van der Waals surface area contributed by atoms with E-state index >= 15 is 0 Å². The first-order chi connectivity index (χ1) is 6.77. The fraction of sp³-hybridized carbons (Fsp3) is 0.600. The minimum Gasteiger partial charge on any atom is -0.348 e. The van der Waals surface area contributed by atoms with Crippen molar-refractivity contribution in [1.29, 1.82) is 5.26 Å². The second-order valence-electron chi connectivity index (χ2n) is 3.32. The van der Waals surface area contributed by atoms with Gasteiger partial charge in [-0.25, -0.2) is 4.98 Å². The van der Waals surface area contributed by atoms with Gasteiger partial charge in [-0.3, -0.25) is 0 Å². The van der Waals surface area contributed by atoms with E-state index in [0.717, 1.165) is 24.4 Å². The molecule has 1 atom stereocenters. The standard InChI is InChI=1S/C10H16N4/c1-3-9(4-5-11)12-6-10-8(2)13-7-14-10/h7,9,12H,3-4,6H2,1-2H3,(H,13,14). The Kier molecular flexibility index (Phi) is 4.14. The molecule has 0 aromatic carbocycles. The van der Waals surface area contributed by atoms with Crippen LogP contribution in [0.2, 0.25) is 0 Å². The van der Waals surface area contributed by atoms with Gasteiger partial charge in [-0.2, -0.15) is 5.26 Å². The summed E-state index contributed by atoms with van der Waals surface area (Å²) in [5, 5.41) is 11.9. The van der Waals surface area contributed by atoms with Gasteiger partial charge in [0, 0.05) is 18.3 Å². The van der Waals surface area contributed by atoms with Gasteiger partial charge in [0.25, 0.3) is 0 Å². The van der Waals surface area contributed by atoms with Crippen molar-refractivity contribution in [2.45, 2.75) is 39.3 Å².